The standard InChI is InChI=1S/C17H19ClN8/c1-11-13(18)9-12(10-19)16-20-14(22-26(11)16)5-6-15-21-17(23-24(15)2)25-7-3-4-8-25/h9H,3-8H2,1-2H3. The van der Waals surface area contributed by atoms with Crippen molar-refractivity contribution in [1.29, 1.82) is 5.26 Å². The lowest BCUT2D eigenvalue weighted by atomic mass is 10.2. The van der Waals surface area contributed by atoms with Gasteiger partial charge in [0.2, 0.25) is 5.95 Å². The van der Waals surface area contributed by atoms with Gasteiger partial charge in [-0.2, -0.15) is 15.3 Å². The Morgan fingerprint density at radius 3 is 2.69 bits per heavy atom. The highest BCUT2D eigenvalue weighted by molar-refractivity contribution is 6.31. The fraction of sp³-hybridized carbons (Fsp3) is 0.471. The number of hydrogen-bond acceptors (Lipinski definition) is 6. The van der Waals surface area contributed by atoms with Gasteiger partial charge in [-0.3, -0.25) is 4.68 Å². The Labute approximate surface area is 156 Å². The molecule has 134 valence electrons. The SMILES string of the molecule is Cc1c(Cl)cc(C#N)c2nc(CCc3nc(N4CCCC4)nn3C)nn12. The Bertz CT molecular complexity index is 1010. The van der Waals surface area contributed by atoms with Crippen LogP contribution in [0.5, 0.6) is 0 Å². The van der Waals surface area contributed by atoms with Crippen molar-refractivity contribution in [3.63, 3.8) is 0 Å². The lowest BCUT2D eigenvalue weighted by Gasteiger charge is -2.10. The van der Waals surface area contributed by atoms with Gasteiger partial charge in [-0.1, -0.05) is 11.6 Å². The van der Waals surface area contributed by atoms with Crippen molar-refractivity contribution in [1.82, 2.24) is 29.4 Å². The molecule has 0 radical (unpaired) electrons. The van der Waals surface area contributed by atoms with E-state index in [1.807, 2.05) is 18.7 Å². The van der Waals surface area contributed by atoms with Gasteiger partial charge >= 0.3 is 0 Å². The summed E-state index contributed by atoms with van der Waals surface area (Å²) >= 11 is 6.17. The molecule has 4 rings (SSSR count). The topological polar surface area (TPSA) is 87.9 Å². The summed E-state index contributed by atoms with van der Waals surface area (Å²) in [7, 11) is 1.91. The third-order valence-corrected chi connectivity index (χ3v) is 5.13. The number of halogens is 1. The molecule has 0 aliphatic carbocycles. The second kappa shape index (κ2) is 6.57. The van der Waals surface area contributed by atoms with Crippen LogP contribution in [0.15, 0.2) is 6.07 Å². The van der Waals surface area contributed by atoms with E-state index in [0.29, 0.717) is 34.9 Å². The summed E-state index contributed by atoms with van der Waals surface area (Å²) in [5, 5.41) is 18.8. The van der Waals surface area contributed by atoms with Crippen LogP contribution in [0, 0.1) is 18.3 Å². The minimum absolute atomic E-state index is 0.425. The van der Waals surface area contributed by atoms with Crippen molar-refractivity contribution in [2.24, 2.45) is 7.05 Å². The Morgan fingerprint density at radius 2 is 1.96 bits per heavy atom. The molecule has 1 fully saturated rings. The van der Waals surface area contributed by atoms with Crippen molar-refractivity contribution < 1.29 is 0 Å². The van der Waals surface area contributed by atoms with E-state index in [9.17, 15) is 5.26 Å². The fourth-order valence-corrected chi connectivity index (χ4v) is 3.43. The highest BCUT2D eigenvalue weighted by atomic mass is 35.5. The Balaban J connectivity index is 1.57. The number of nitriles is 1. The van der Waals surface area contributed by atoms with Gasteiger partial charge in [-0.05, 0) is 25.8 Å². The summed E-state index contributed by atoms with van der Waals surface area (Å²) in [5.41, 5.74) is 1.74. The van der Waals surface area contributed by atoms with Crippen LogP contribution in [0.3, 0.4) is 0 Å². The number of rotatable bonds is 4. The average Bonchev–Trinajstić information content (AvgIpc) is 3.35. The number of hydrogen-bond donors (Lipinski definition) is 0. The number of aromatic nitrogens is 6. The molecule has 3 aromatic rings. The third kappa shape index (κ3) is 2.88. The number of anilines is 1. The van der Waals surface area contributed by atoms with Crippen LogP contribution in [0.2, 0.25) is 5.02 Å². The van der Waals surface area contributed by atoms with Gasteiger partial charge in [-0.15, -0.1) is 5.10 Å². The molecule has 0 bridgehead atoms. The third-order valence-electron chi connectivity index (χ3n) is 4.75. The lowest BCUT2D eigenvalue weighted by molar-refractivity contribution is 0.681. The van der Waals surface area contributed by atoms with Crippen LogP contribution < -0.4 is 4.90 Å². The second-order valence-electron chi connectivity index (χ2n) is 6.51. The number of aryl methyl sites for hydroxylation is 4. The van der Waals surface area contributed by atoms with Gasteiger partial charge in [0.15, 0.2) is 11.5 Å². The zero-order chi connectivity index (χ0) is 18.3. The monoisotopic (exact) mass is 370 g/mol. The molecular weight excluding hydrogens is 352 g/mol. The van der Waals surface area contributed by atoms with Crippen molar-refractivity contribution in [3.05, 3.63) is 34.0 Å². The van der Waals surface area contributed by atoms with Gasteiger partial charge in [0.05, 0.1) is 16.3 Å². The Hall–Kier alpha value is -2.66. The van der Waals surface area contributed by atoms with Crippen LogP contribution in [-0.4, -0.2) is 42.5 Å². The van der Waals surface area contributed by atoms with Crippen molar-refractivity contribution >= 4 is 23.2 Å². The van der Waals surface area contributed by atoms with Crippen LogP contribution in [-0.2, 0) is 19.9 Å². The van der Waals surface area contributed by atoms with Crippen LogP contribution in [0.4, 0.5) is 5.95 Å². The minimum Gasteiger partial charge on any atom is -0.340 e. The lowest BCUT2D eigenvalue weighted by Crippen LogP contribution is -2.19. The van der Waals surface area contributed by atoms with E-state index < -0.39 is 0 Å². The highest BCUT2D eigenvalue weighted by Crippen LogP contribution is 2.21. The molecule has 1 aliphatic heterocycles. The maximum absolute atomic E-state index is 9.30. The minimum atomic E-state index is 0.425. The first kappa shape index (κ1) is 16.8. The first-order valence-electron chi connectivity index (χ1n) is 8.66. The fourth-order valence-electron chi connectivity index (χ4n) is 3.24. The van der Waals surface area contributed by atoms with E-state index in [2.05, 4.69) is 31.1 Å². The molecular formula is C17H19ClN8. The Kier molecular flexibility index (Phi) is 4.24. The number of nitrogens with zero attached hydrogens (tertiary/aromatic N) is 8. The molecule has 0 aromatic carbocycles. The molecule has 0 unspecified atom stereocenters. The quantitative estimate of drug-likeness (QED) is 0.698. The predicted molar refractivity (Wildman–Crippen MR) is 97.3 cm³/mol. The summed E-state index contributed by atoms with van der Waals surface area (Å²) in [6.45, 7) is 3.91. The molecule has 0 amide bonds. The first-order valence-corrected chi connectivity index (χ1v) is 9.04. The molecule has 9 heteroatoms. The first-order chi connectivity index (χ1) is 12.6. The Morgan fingerprint density at radius 1 is 1.19 bits per heavy atom. The molecule has 1 aliphatic rings. The molecule has 0 spiro atoms. The van der Waals surface area contributed by atoms with E-state index in [4.69, 9.17) is 11.6 Å². The van der Waals surface area contributed by atoms with Crippen molar-refractivity contribution in [2.45, 2.75) is 32.6 Å². The number of fused-ring (bicyclic) bond motifs is 1. The van der Waals surface area contributed by atoms with Crippen molar-refractivity contribution in [3.8, 4) is 6.07 Å². The van der Waals surface area contributed by atoms with Crippen molar-refractivity contribution in [2.75, 3.05) is 18.0 Å². The van der Waals surface area contributed by atoms with E-state index in [0.717, 1.165) is 30.6 Å². The van der Waals surface area contributed by atoms with E-state index in [1.54, 1.807) is 10.6 Å². The zero-order valence-electron chi connectivity index (χ0n) is 14.8. The van der Waals surface area contributed by atoms with Crippen LogP contribution in [0.25, 0.3) is 5.65 Å². The summed E-state index contributed by atoms with van der Waals surface area (Å²) in [5.74, 6) is 2.37. The van der Waals surface area contributed by atoms with Gasteiger partial charge in [0.1, 0.15) is 11.9 Å². The summed E-state index contributed by atoms with van der Waals surface area (Å²) in [6.07, 6.45) is 3.70. The van der Waals surface area contributed by atoms with Crippen LogP contribution >= 0.6 is 11.6 Å². The largest absolute Gasteiger partial charge is 0.340 e. The average molecular weight is 371 g/mol. The molecule has 4 heterocycles. The van der Waals surface area contributed by atoms with Gasteiger partial charge in [0, 0.05) is 33.0 Å². The van der Waals surface area contributed by atoms with E-state index >= 15 is 0 Å². The summed E-state index contributed by atoms with van der Waals surface area (Å²) in [4.78, 5) is 11.4. The second-order valence-corrected chi connectivity index (χ2v) is 6.92. The molecule has 1 saturated heterocycles. The maximum atomic E-state index is 9.30. The zero-order valence-corrected chi connectivity index (χ0v) is 15.5. The molecule has 0 saturated carbocycles. The molecule has 0 atom stereocenters. The molecule has 26 heavy (non-hydrogen) atoms. The maximum Gasteiger partial charge on any atom is 0.244 e. The smallest absolute Gasteiger partial charge is 0.244 e. The molecule has 8 nitrogen and oxygen atoms in total. The normalized spacial score (nSPS) is 14.3. The number of pyridine rings is 1. The van der Waals surface area contributed by atoms with Crippen LogP contribution in [0.1, 0.15) is 35.7 Å². The predicted octanol–water partition coefficient (Wildman–Crippen LogP) is 2.08. The highest BCUT2D eigenvalue weighted by Gasteiger charge is 2.19. The summed E-state index contributed by atoms with van der Waals surface area (Å²) < 4.78 is 3.47. The van der Waals surface area contributed by atoms with Gasteiger partial charge in [0.25, 0.3) is 0 Å². The molecule has 3 aromatic heterocycles. The van der Waals surface area contributed by atoms with E-state index in [-0.39, 0.29) is 0 Å². The summed E-state index contributed by atoms with van der Waals surface area (Å²) in [6, 6.07) is 3.76. The van der Waals surface area contributed by atoms with Gasteiger partial charge < -0.3 is 4.90 Å². The molecule has 0 N–H and O–H groups in total. The van der Waals surface area contributed by atoms with E-state index in [1.165, 1.54) is 12.8 Å². The van der Waals surface area contributed by atoms with Gasteiger partial charge in [-0.25, -0.2) is 9.50 Å².